The van der Waals surface area contributed by atoms with E-state index in [9.17, 15) is 8.42 Å². The molecule has 0 spiro atoms. The fourth-order valence-corrected chi connectivity index (χ4v) is 3.57. The number of unbranched alkanes of at least 4 members (excludes halogenated alkanes) is 2. The standard InChI is InChI=1S/C14H24N2O2S/c1-4-5-6-7-12(3)16-19(17,18)14-9-8-13(15)10-11(14)2/h8-10,12,16H,4-7,15H2,1-3H3. The smallest absolute Gasteiger partial charge is 0.241 e. The van der Waals surface area contributed by atoms with E-state index in [4.69, 9.17) is 5.73 Å². The van der Waals surface area contributed by atoms with Gasteiger partial charge in [0.05, 0.1) is 4.90 Å². The molecule has 0 fully saturated rings. The van der Waals surface area contributed by atoms with E-state index in [0.717, 1.165) is 25.7 Å². The van der Waals surface area contributed by atoms with Crippen molar-refractivity contribution in [2.24, 2.45) is 0 Å². The van der Waals surface area contributed by atoms with Gasteiger partial charge in [-0.3, -0.25) is 0 Å². The first-order valence-corrected chi connectivity index (χ1v) is 8.23. The minimum absolute atomic E-state index is 0.0477. The molecule has 0 aliphatic carbocycles. The van der Waals surface area contributed by atoms with Gasteiger partial charge in [-0.25, -0.2) is 13.1 Å². The van der Waals surface area contributed by atoms with Gasteiger partial charge in [-0.1, -0.05) is 26.2 Å². The Balaban J connectivity index is 2.75. The van der Waals surface area contributed by atoms with Crippen LogP contribution in [-0.4, -0.2) is 14.5 Å². The Labute approximate surface area is 116 Å². The SMILES string of the molecule is CCCCCC(C)NS(=O)(=O)c1ccc(N)cc1C. The van der Waals surface area contributed by atoms with Crippen molar-refractivity contribution in [3.63, 3.8) is 0 Å². The van der Waals surface area contributed by atoms with Crippen molar-refractivity contribution < 1.29 is 8.42 Å². The molecule has 1 aromatic carbocycles. The number of aryl methyl sites for hydroxylation is 1. The van der Waals surface area contributed by atoms with Gasteiger partial charge in [0.25, 0.3) is 0 Å². The van der Waals surface area contributed by atoms with E-state index in [-0.39, 0.29) is 6.04 Å². The largest absolute Gasteiger partial charge is 0.399 e. The maximum Gasteiger partial charge on any atom is 0.241 e. The van der Waals surface area contributed by atoms with E-state index in [1.54, 1.807) is 25.1 Å². The molecule has 1 unspecified atom stereocenters. The van der Waals surface area contributed by atoms with Gasteiger partial charge in [0.2, 0.25) is 10.0 Å². The van der Waals surface area contributed by atoms with Crippen molar-refractivity contribution in [3.05, 3.63) is 23.8 Å². The van der Waals surface area contributed by atoms with Crippen LogP contribution in [-0.2, 0) is 10.0 Å². The Morgan fingerprint density at radius 2 is 2.00 bits per heavy atom. The minimum atomic E-state index is -3.45. The molecule has 108 valence electrons. The summed E-state index contributed by atoms with van der Waals surface area (Å²) in [6.45, 7) is 5.79. The second-order valence-corrected chi connectivity index (χ2v) is 6.73. The number of anilines is 1. The van der Waals surface area contributed by atoms with Crippen LogP contribution in [0.15, 0.2) is 23.1 Å². The Kier molecular flexibility index (Phi) is 5.82. The van der Waals surface area contributed by atoms with Crippen molar-refractivity contribution >= 4 is 15.7 Å². The number of sulfonamides is 1. The lowest BCUT2D eigenvalue weighted by molar-refractivity contribution is 0.527. The van der Waals surface area contributed by atoms with E-state index in [1.807, 2.05) is 6.92 Å². The van der Waals surface area contributed by atoms with E-state index < -0.39 is 10.0 Å². The van der Waals surface area contributed by atoms with Crippen molar-refractivity contribution in [1.82, 2.24) is 4.72 Å². The normalized spacial score (nSPS) is 13.4. The van der Waals surface area contributed by atoms with Crippen LogP contribution in [0.3, 0.4) is 0 Å². The summed E-state index contributed by atoms with van der Waals surface area (Å²) in [5, 5.41) is 0. The summed E-state index contributed by atoms with van der Waals surface area (Å²) >= 11 is 0. The van der Waals surface area contributed by atoms with Gasteiger partial charge in [-0.2, -0.15) is 0 Å². The lowest BCUT2D eigenvalue weighted by atomic mass is 10.1. The highest BCUT2D eigenvalue weighted by atomic mass is 32.2. The molecule has 0 aromatic heterocycles. The fraction of sp³-hybridized carbons (Fsp3) is 0.571. The first-order chi connectivity index (χ1) is 8.86. The van der Waals surface area contributed by atoms with Crippen LogP contribution >= 0.6 is 0 Å². The predicted octanol–water partition coefficient (Wildman–Crippen LogP) is 2.82. The van der Waals surface area contributed by atoms with Gasteiger partial charge < -0.3 is 5.73 Å². The molecule has 0 aliphatic heterocycles. The van der Waals surface area contributed by atoms with E-state index >= 15 is 0 Å². The summed E-state index contributed by atoms with van der Waals surface area (Å²) in [4.78, 5) is 0.309. The summed E-state index contributed by atoms with van der Waals surface area (Å²) in [7, 11) is -3.45. The van der Waals surface area contributed by atoms with E-state index in [2.05, 4.69) is 11.6 Å². The highest BCUT2D eigenvalue weighted by Gasteiger charge is 2.19. The van der Waals surface area contributed by atoms with Crippen LogP contribution in [0.4, 0.5) is 5.69 Å². The molecule has 0 saturated heterocycles. The highest BCUT2D eigenvalue weighted by Crippen LogP contribution is 2.18. The maximum atomic E-state index is 12.3. The molecule has 1 aromatic rings. The molecule has 4 nitrogen and oxygen atoms in total. The van der Waals surface area contributed by atoms with Gasteiger partial charge in [0.1, 0.15) is 0 Å². The zero-order chi connectivity index (χ0) is 14.5. The van der Waals surface area contributed by atoms with Gasteiger partial charge in [-0.15, -0.1) is 0 Å². The zero-order valence-electron chi connectivity index (χ0n) is 11.9. The van der Waals surface area contributed by atoms with Crippen molar-refractivity contribution in [3.8, 4) is 0 Å². The van der Waals surface area contributed by atoms with Gasteiger partial charge in [-0.05, 0) is 44.0 Å². The number of nitrogens with two attached hydrogens (primary N) is 1. The monoisotopic (exact) mass is 284 g/mol. The molecule has 0 bridgehead atoms. The van der Waals surface area contributed by atoms with Crippen LogP contribution in [0.2, 0.25) is 0 Å². The van der Waals surface area contributed by atoms with Gasteiger partial charge in [0, 0.05) is 11.7 Å². The highest BCUT2D eigenvalue weighted by molar-refractivity contribution is 7.89. The first-order valence-electron chi connectivity index (χ1n) is 6.75. The molecule has 19 heavy (non-hydrogen) atoms. The number of hydrogen-bond acceptors (Lipinski definition) is 3. The first kappa shape index (κ1) is 16.0. The molecule has 0 saturated carbocycles. The van der Waals surface area contributed by atoms with Crippen LogP contribution in [0, 0.1) is 6.92 Å². The molecule has 1 atom stereocenters. The summed E-state index contributed by atoms with van der Waals surface area (Å²) < 4.78 is 27.2. The third-order valence-corrected chi connectivity index (χ3v) is 4.84. The molecule has 3 N–H and O–H groups in total. The Hall–Kier alpha value is -1.07. The van der Waals surface area contributed by atoms with Crippen molar-refractivity contribution in [1.29, 1.82) is 0 Å². The van der Waals surface area contributed by atoms with Crippen LogP contribution in [0.5, 0.6) is 0 Å². The summed E-state index contributed by atoms with van der Waals surface area (Å²) in [6, 6.07) is 4.80. The van der Waals surface area contributed by atoms with E-state index in [0.29, 0.717) is 16.1 Å². The minimum Gasteiger partial charge on any atom is -0.399 e. The van der Waals surface area contributed by atoms with Crippen LogP contribution in [0.25, 0.3) is 0 Å². The Bertz CT molecular complexity index is 512. The molecule has 5 heteroatoms. The third kappa shape index (κ3) is 4.84. The quantitative estimate of drug-likeness (QED) is 0.597. The topological polar surface area (TPSA) is 72.2 Å². The number of nitrogens with one attached hydrogen (secondary N) is 1. The zero-order valence-corrected chi connectivity index (χ0v) is 12.8. The average Bonchev–Trinajstić information content (AvgIpc) is 2.27. The molecule has 1 rings (SSSR count). The second kappa shape index (κ2) is 6.91. The molecule has 0 radical (unpaired) electrons. The molecule has 0 amide bonds. The van der Waals surface area contributed by atoms with Crippen LogP contribution in [0.1, 0.15) is 45.1 Å². The molecular weight excluding hydrogens is 260 g/mol. The third-order valence-electron chi connectivity index (χ3n) is 3.09. The number of nitrogen functional groups attached to an aromatic ring is 1. The number of hydrogen-bond donors (Lipinski definition) is 2. The maximum absolute atomic E-state index is 12.3. The lowest BCUT2D eigenvalue weighted by Crippen LogP contribution is -2.33. The van der Waals surface area contributed by atoms with Crippen molar-refractivity contribution in [2.45, 2.75) is 57.4 Å². The van der Waals surface area contributed by atoms with Gasteiger partial charge >= 0.3 is 0 Å². The molecular formula is C14H24N2O2S. The Morgan fingerprint density at radius 3 is 2.58 bits per heavy atom. The van der Waals surface area contributed by atoms with Crippen LogP contribution < -0.4 is 10.5 Å². The van der Waals surface area contributed by atoms with Gasteiger partial charge in [0.15, 0.2) is 0 Å². The summed E-state index contributed by atoms with van der Waals surface area (Å²) in [5.41, 5.74) is 6.89. The lowest BCUT2D eigenvalue weighted by Gasteiger charge is -2.15. The second-order valence-electron chi connectivity index (χ2n) is 5.04. The van der Waals surface area contributed by atoms with E-state index in [1.165, 1.54) is 0 Å². The molecule has 0 heterocycles. The summed E-state index contributed by atoms with van der Waals surface area (Å²) in [5.74, 6) is 0. The van der Waals surface area contributed by atoms with Crippen molar-refractivity contribution in [2.75, 3.05) is 5.73 Å². The molecule has 0 aliphatic rings. The number of benzene rings is 1. The number of rotatable bonds is 7. The predicted molar refractivity (Wildman–Crippen MR) is 79.5 cm³/mol. The Morgan fingerprint density at radius 1 is 1.32 bits per heavy atom. The summed E-state index contributed by atoms with van der Waals surface area (Å²) in [6.07, 6.45) is 4.17. The average molecular weight is 284 g/mol. The fourth-order valence-electron chi connectivity index (χ4n) is 2.06.